The normalized spacial score (nSPS) is 14.2. The van der Waals surface area contributed by atoms with E-state index in [0.29, 0.717) is 18.1 Å². The topological polar surface area (TPSA) is 115 Å². The summed E-state index contributed by atoms with van der Waals surface area (Å²) < 4.78 is 54.6. The maximum atomic E-state index is 13.0. The highest BCUT2D eigenvalue weighted by Gasteiger charge is 2.49. The molecule has 9 nitrogen and oxygen atoms in total. The van der Waals surface area contributed by atoms with Crippen molar-refractivity contribution in [3.8, 4) is 11.4 Å². The Morgan fingerprint density at radius 2 is 1.53 bits per heavy atom. The van der Waals surface area contributed by atoms with Gasteiger partial charge in [0.2, 0.25) is 11.7 Å². The van der Waals surface area contributed by atoms with Crippen LogP contribution in [-0.2, 0) is 15.9 Å². The van der Waals surface area contributed by atoms with Crippen molar-refractivity contribution in [1.82, 2.24) is 10.1 Å². The molecule has 0 aliphatic carbocycles. The van der Waals surface area contributed by atoms with Gasteiger partial charge in [-0.05, 0) is 73.4 Å². The number of hydrogen-bond donors (Lipinski definition) is 1. The first-order valence-corrected chi connectivity index (χ1v) is 11.2. The molecule has 2 rings (SSSR count). The average Bonchev–Trinajstić information content (AvgIpc) is 3.13. The predicted molar refractivity (Wildman–Crippen MR) is 124 cm³/mol. The van der Waals surface area contributed by atoms with Crippen LogP contribution in [0.1, 0.15) is 66.3 Å². The fraction of sp³-hybridized carbons (Fsp3) is 0.583. The number of imide groups is 1. The molecule has 1 atom stereocenters. The summed E-state index contributed by atoms with van der Waals surface area (Å²) in [6, 6.07) is 4.66. The summed E-state index contributed by atoms with van der Waals surface area (Å²) in [6.45, 7) is 12.2. The molecule has 12 heteroatoms. The van der Waals surface area contributed by atoms with Gasteiger partial charge in [0.25, 0.3) is 0 Å². The fourth-order valence-corrected chi connectivity index (χ4v) is 2.84. The number of halogens is 3. The van der Waals surface area contributed by atoms with Crippen LogP contribution in [0.3, 0.4) is 0 Å². The summed E-state index contributed by atoms with van der Waals surface area (Å²) in [4.78, 5) is 30.8. The molecule has 1 aromatic heterocycles. The molecule has 200 valence electrons. The summed E-state index contributed by atoms with van der Waals surface area (Å²) in [5, 5.41) is 13.4. The molecule has 36 heavy (non-hydrogen) atoms. The second kappa shape index (κ2) is 10.1. The van der Waals surface area contributed by atoms with Crippen molar-refractivity contribution in [2.24, 2.45) is 0 Å². The van der Waals surface area contributed by atoms with E-state index in [1.54, 1.807) is 60.6 Å². The number of hydrogen-bond acceptors (Lipinski definition) is 8. The van der Waals surface area contributed by atoms with Gasteiger partial charge in [0.1, 0.15) is 11.2 Å². The number of alkyl halides is 3. The molecule has 0 radical (unpaired) electrons. The number of benzene rings is 1. The lowest BCUT2D eigenvalue weighted by Gasteiger charge is -2.29. The molecule has 1 aromatic carbocycles. The maximum Gasteiger partial charge on any atom is 0.424 e. The zero-order chi connectivity index (χ0) is 27.7. The smallest absolute Gasteiger partial charge is 0.424 e. The highest BCUT2D eigenvalue weighted by Crippen LogP contribution is 2.34. The second-order valence-electron chi connectivity index (χ2n) is 10.6. The van der Waals surface area contributed by atoms with Crippen molar-refractivity contribution in [3.05, 3.63) is 29.7 Å². The lowest BCUT2D eigenvalue weighted by atomic mass is 10.00. The van der Waals surface area contributed by atoms with Crippen LogP contribution in [0.25, 0.3) is 11.4 Å². The Morgan fingerprint density at radius 3 is 2.00 bits per heavy atom. The van der Waals surface area contributed by atoms with Crippen molar-refractivity contribution >= 4 is 17.9 Å². The molecule has 0 fully saturated rings. The zero-order valence-corrected chi connectivity index (χ0v) is 21.6. The van der Waals surface area contributed by atoms with Crippen molar-refractivity contribution < 1.29 is 41.9 Å². The number of carbonyl (C=O) groups excluding carboxylic acids is 2. The summed E-state index contributed by atoms with van der Waals surface area (Å²) in [6.07, 6.45) is -7.72. The van der Waals surface area contributed by atoms with Gasteiger partial charge >= 0.3 is 18.4 Å². The first-order valence-electron chi connectivity index (χ1n) is 11.2. The van der Waals surface area contributed by atoms with Crippen LogP contribution < -0.4 is 4.90 Å². The van der Waals surface area contributed by atoms with E-state index in [9.17, 15) is 27.9 Å². The molecule has 0 saturated carbocycles. The van der Waals surface area contributed by atoms with Crippen LogP contribution in [0.5, 0.6) is 0 Å². The lowest BCUT2D eigenvalue weighted by molar-refractivity contribution is -0.255. The molecule has 0 saturated heterocycles. The van der Waals surface area contributed by atoms with Gasteiger partial charge in [-0.3, -0.25) is 0 Å². The molecule has 0 aliphatic rings. The highest BCUT2D eigenvalue weighted by molar-refractivity contribution is 6.10. The third kappa shape index (κ3) is 7.67. The van der Waals surface area contributed by atoms with E-state index in [-0.39, 0.29) is 23.8 Å². The molecular formula is C24H32F3N3O6. The molecule has 1 heterocycles. The van der Waals surface area contributed by atoms with E-state index in [1.807, 2.05) is 0 Å². The van der Waals surface area contributed by atoms with E-state index in [2.05, 4.69) is 10.1 Å². The van der Waals surface area contributed by atoms with E-state index in [0.717, 1.165) is 4.90 Å². The second-order valence-corrected chi connectivity index (χ2v) is 10.6. The summed E-state index contributed by atoms with van der Waals surface area (Å²) in [7, 11) is 0. The first kappa shape index (κ1) is 29.1. The predicted octanol–water partition coefficient (Wildman–Crippen LogP) is 5.97. The van der Waals surface area contributed by atoms with Crippen molar-refractivity contribution in [2.45, 2.75) is 91.2 Å². The van der Waals surface area contributed by atoms with E-state index in [1.165, 1.54) is 6.07 Å². The number of aliphatic hydroxyl groups is 1. The van der Waals surface area contributed by atoms with Crippen LogP contribution in [0, 0.1) is 6.92 Å². The number of rotatable bonds is 5. The number of anilines is 1. The highest BCUT2D eigenvalue weighted by atomic mass is 19.4. The van der Waals surface area contributed by atoms with Gasteiger partial charge in [-0.15, -0.1) is 0 Å². The monoisotopic (exact) mass is 515 g/mol. The largest absolute Gasteiger partial charge is 0.443 e. The van der Waals surface area contributed by atoms with E-state index >= 15 is 0 Å². The minimum Gasteiger partial charge on any atom is -0.443 e. The Bertz CT molecular complexity index is 1070. The quantitative estimate of drug-likeness (QED) is 0.518. The lowest BCUT2D eigenvalue weighted by Crippen LogP contribution is -2.44. The molecule has 1 unspecified atom stereocenters. The average molecular weight is 516 g/mol. The number of nitrogens with zero attached hydrogens (tertiary/aromatic N) is 3. The summed E-state index contributed by atoms with van der Waals surface area (Å²) >= 11 is 0. The van der Waals surface area contributed by atoms with Gasteiger partial charge in [-0.2, -0.15) is 23.1 Å². The van der Waals surface area contributed by atoms with Gasteiger partial charge in [0.05, 0.1) is 5.69 Å². The van der Waals surface area contributed by atoms with Crippen LogP contribution in [0.4, 0.5) is 28.4 Å². The number of aryl methyl sites for hydroxylation is 2. The van der Waals surface area contributed by atoms with Crippen LogP contribution in [0.2, 0.25) is 0 Å². The minimum absolute atomic E-state index is 0.0197. The van der Waals surface area contributed by atoms with Crippen molar-refractivity contribution in [1.29, 1.82) is 0 Å². The Hall–Kier alpha value is -3.15. The Kier molecular flexibility index (Phi) is 8.14. The van der Waals surface area contributed by atoms with E-state index in [4.69, 9.17) is 14.0 Å². The summed E-state index contributed by atoms with van der Waals surface area (Å²) in [5.41, 5.74) is -3.72. The standard InChI is InChI=1S/C24H32F3N3O6/c1-14-9-10-15(18-28-17(36-29-18)11-12-23(8,33)24(25,26)27)13-16(14)30(19(31)34-21(2,3)4)20(32)35-22(5,6)7/h9-10,13,33H,11-12H2,1-8H3. The maximum absolute atomic E-state index is 13.0. The fourth-order valence-electron chi connectivity index (χ4n) is 2.84. The molecule has 0 aliphatic heterocycles. The Morgan fingerprint density at radius 1 is 1.00 bits per heavy atom. The van der Waals surface area contributed by atoms with Gasteiger partial charge in [-0.25, -0.2) is 9.59 Å². The van der Waals surface area contributed by atoms with Gasteiger partial charge in [-0.1, -0.05) is 17.3 Å². The number of aromatic nitrogens is 2. The van der Waals surface area contributed by atoms with Gasteiger partial charge in [0.15, 0.2) is 5.60 Å². The van der Waals surface area contributed by atoms with Gasteiger partial charge < -0.3 is 19.1 Å². The van der Waals surface area contributed by atoms with Crippen LogP contribution >= 0.6 is 0 Å². The Labute approximate surface area is 207 Å². The van der Waals surface area contributed by atoms with Crippen molar-refractivity contribution in [3.63, 3.8) is 0 Å². The number of ether oxygens (including phenoxy) is 2. The molecule has 0 spiro atoms. The summed E-state index contributed by atoms with van der Waals surface area (Å²) in [5.74, 6) is -0.0981. The Balaban J connectivity index is 2.41. The molecular weight excluding hydrogens is 483 g/mol. The molecule has 2 aromatic rings. The van der Waals surface area contributed by atoms with Crippen LogP contribution in [0.15, 0.2) is 22.7 Å². The van der Waals surface area contributed by atoms with Gasteiger partial charge in [0, 0.05) is 12.0 Å². The molecule has 2 amide bonds. The van der Waals surface area contributed by atoms with E-state index < -0.39 is 41.6 Å². The molecule has 1 N–H and O–H groups in total. The van der Waals surface area contributed by atoms with Crippen LogP contribution in [-0.4, -0.2) is 50.4 Å². The molecule has 0 bridgehead atoms. The zero-order valence-electron chi connectivity index (χ0n) is 21.6. The number of carbonyl (C=O) groups is 2. The number of amides is 2. The SMILES string of the molecule is Cc1ccc(-c2noc(CCC(C)(O)C(F)(F)F)n2)cc1N(C(=O)OC(C)(C)C)C(=O)OC(C)(C)C. The first-order chi connectivity index (χ1) is 16.2. The third-order valence-electron chi connectivity index (χ3n) is 4.76. The minimum atomic E-state index is -4.81. The van der Waals surface area contributed by atoms with Crippen molar-refractivity contribution in [2.75, 3.05) is 4.90 Å². The third-order valence-corrected chi connectivity index (χ3v) is 4.76.